The number of para-hydroxylation sites is 2. The van der Waals surface area contributed by atoms with E-state index in [1.165, 1.54) is 38.6 Å². The number of aromatic nitrogens is 4. The summed E-state index contributed by atoms with van der Waals surface area (Å²) in [5, 5.41) is 5.72. The Bertz CT molecular complexity index is 2790. The summed E-state index contributed by atoms with van der Waals surface area (Å²) in [6.07, 6.45) is 4.10. The first-order valence-corrected chi connectivity index (χ1v) is 17.2. The van der Waals surface area contributed by atoms with Gasteiger partial charge in [0.2, 0.25) is 0 Å². The van der Waals surface area contributed by atoms with Gasteiger partial charge in [0.15, 0.2) is 0 Å². The van der Waals surface area contributed by atoms with Gasteiger partial charge in [0.05, 0.1) is 22.2 Å². The summed E-state index contributed by atoms with van der Waals surface area (Å²) in [6, 6.07) is 38.6. The van der Waals surface area contributed by atoms with Gasteiger partial charge >= 0.3 is 0 Å². The number of pyridine rings is 2. The highest BCUT2D eigenvalue weighted by atomic mass is 16.5. The predicted molar refractivity (Wildman–Crippen MR) is 207 cm³/mol. The number of hydrogen-bond donors (Lipinski definition) is 0. The quantitative estimate of drug-likeness (QED) is 0.178. The molecule has 0 aliphatic carbocycles. The second-order valence-corrected chi connectivity index (χ2v) is 14.6. The van der Waals surface area contributed by atoms with Crippen LogP contribution in [0.25, 0.3) is 66.2 Å². The molecule has 4 heterocycles. The number of fused-ring (bicyclic) bond motifs is 9. The maximum Gasteiger partial charge on any atom is 0.146 e. The lowest BCUT2D eigenvalue weighted by molar-refractivity contribution is 0.484. The van der Waals surface area contributed by atoms with E-state index in [1.807, 2.05) is 6.20 Å². The van der Waals surface area contributed by atoms with Crippen LogP contribution in [0.5, 0.6) is 11.5 Å². The number of rotatable bonds is 4. The van der Waals surface area contributed by atoms with Crippen LogP contribution in [0.1, 0.15) is 43.0 Å². The Kier molecular flexibility index (Phi) is 6.66. The Hall–Kier alpha value is -5.94. The topological polar surface area (TPSA) is 44.4 Å². The fraction of sp³-hybridized carbons (Fsp3) is 0.156. The smallest absolute Gasteiger partial charge is 0.146 e. The standard InChI is InChI=1S/C45H38N4O/c1-27-21-28(2)43(29(3)22-27)38-26-48-39-13-9-7-11-34(39)33-17-15-31(24-37(33)44(48)47-38)50-32-16-18-36-35-12-8-10-14-40(35)49(41(36)25-32)42-23-30(19-20-46-42)45(4,5)6/h7-26H,1-6H3. The van der Waals surface area contributed by atoms with Gasteiger partial charge in [0, 0.05) is 45.6 Å². The van der Waals surface area contributed by atoms with Gasteiger partial charge in [-0.2, -0.15) is 0 Å². The van der Waals surface area contributed by atoms with Gasteiger partial charge < -0.3 is 4.74 Å². The maximum atomic E-state index is 6.69. The van der Waals surface area contributed by atoms with Crippen molar-refractivity contribution in [3.63, 3.8) is 0 Å². The van der Waals surface area contributed by atoms with Gasteiger partial charge in [-0.3, -0.25) is 8.97 Å². The molecule has 0 atom stereocenters. The number of aryl methyl sites for hydroxylation is 3. The number of benzene rings is 5. The normalized spacial score (nSPS) is 12.2. The zero-order valence-electron chi connectivity index (χ0n) is 29.2. The van der Waals surface area contributed by atoms with Crippen LogP contribution in [0.2, 0.25) is 0 Å². The van der Waals surface area contributed by atoms with Crippen LogP contribution in [0.15, 0.2) is 122 Å². The van der Waals surface area contributed by atoms with E-state index in [2.05, 4.69) is 166 Å². The highest BCUT2D eigenvalue weighted by Crippen LogP contribution is 2.38. The molecule has 9 rings (SSSR count). The van der Waals surface area contributed by atoms with Gasteiger partial charge in [-0.25, -0.2) is 9.97 Å². The fourth-order valence-electron chi connectivity index (χ4n) is 7.78. The van der Waals surface area contributed by atoms with Gasteiger partial charge in [-0.1, -0.05) is 74.9 Å². The lowest BCUT2D eigenvalue weighted by atomic mass is 9.88. The van der Waals surface area contributed by atoms with Crippen molar-refractivity contribution in [3.05, 3.63) is 144 Å². The molecular weight excluding hydrogens is 613 g/mol. The first-order valence-electron chi connectivity index (χ1n) is 17.2. The number of nitrogens with zero attached hydrogens (tertiary/aromatic N) is 4. The van der Waals surface area contributed by atoms with E-state index in [1.54, 1.807) is 0 Å². The van der Waals surface area contributed by atoms with Crippen LogP contribution >= 0.6 is 0 Å². The second-order valence-electron chi connectivity index (χ2n) is 14.6. The van der Waals surface area contributed by atoms with Crippen molar-refractivity contribution in [2.45, 2.75) is 47.0 Å². The lowest BCUT2D eigenvalue weighted by Gasteiger charge is -2.20. The molecule has 0 aliphatic heterocycles. The third kappa shape index (κ3) is 4.76. The average Bonchev–Trinajstić information content (AvgIpc) is 3.67. The molecule has 50 heavy (non-hydrogen) atoms. The summed E-state index contributed by atoms with van der Waals surface area (Å²) in [4.78, 5) is 10.1. The maximum absolute atomic E-state index is 6.69. The molecule has 0 unspecified atom stereocenters. The molecule has 0 radical (unpaired) electrons. The van der Waals surface area contributed by atoms with E-state index < -0.39 is 0 Å². The number of imidazole rings is 1. The van der Waals surface area contributed by atoms with Crippen LogP contribution in [0.4, 0.5) is 0 Å². The van der Waals surface area contributed by atoms with E-state index in [-0.39, 0.29) is 5.41 Å². The zero-order valence-corrected chi connectivity index (χ0v) is 29.2. The largest absolute Gasteiger partial charge is 0.457 e. The van der Waals surface area contributed by atoms with E-state index in [4.69, 9.17) is 14.7 Å². The first kappa shape index (κ1) is 30.1. The number of ether oxygens (including phenoxy) is 1. The van der Waals surface area contributed by atoms with Crippen molar-refractivity contribution in [1.29, 1.82) is 0 Å². The molecule has 0 aliphatic rings. The fourth-order valence-corrected chi connectivity index (χ4v) is 7.78. The Morgan fingerprint density at radius 1 is 0.600 bits per heavy atom. The minimum atomic E-state index is 0.00492. The molecule has 0 fully saturated rings. The summed E-state index contributed by atoms with van der Waals surface area (Å²) in [5.74, 6) is 2.42. The molecule has 5 aromatic carbocycles. The van der Waals surface area contributed by atoms with Crippen molar-refractivity contribution in [2.75, 3.05) is 0 Å². The molecule has 5 heteroatoms. The molecule has 244 valence electrons. The highest BCUT2D eigenvalue weighted by molar-refractivity contribution is 6.12. The van der Waals surface area contributed by atoms with Crippen LogP contribution in [0, 0.1) is 20.8 Å². The van der Waals surface area contributed by atoms with Crippen LogP contribution in [0.3, 0.4) is 0 Å². The van der Waals surface area contributed by atoms with Crippen LogP contribution in [-0.4, -0.2) is 18.9 Å². The highest BCUT2D eigenvalue weighted by Gasteiger charge is 2.19. The average molecular weight is 651 g/mol. The molecule has 0 saturated heterocycles. The monoisotopic (exact) mass is 650 g/mol. The Morgan fingerprint density at radius 3 is 1.98 bits per heavy atom. The molecular formula is C45H38N4O. The molecule has 5 nitrogen and oxygen atoms in total. The third-order valence-electron chi connectivity index (χ3n) is 10.0. The third-order valence-corrected chi connectivity index (χ3v) is 10.0. The Morgan fingerprint density at radius 2 is 1.24 bits per heavy atom. The van der Waals surface area contributed by atoms with Gasteiger partial charge in [0.1, 0.15) is 23.0 Å². The second kappa shape index (κ2) is 11.0. The van der Waals surface area contributed by atoms with E-state index in [0.29, 0.717) is 0 Å². The van der Waals surface area contributed by atoms with Crippen LogP contribution < -0.4 is 4.74 Å². The van der Waals surface area contributed by atoms with Crippen molar-refractivity contribution >= 4 is 49.1 Å². The summed E-state index contributed by atoms with van der Waals surface area (Å²) in [6.45, 7) is 13.2. The summed E-state index contributed by atoms with van der Waals surface area (Å²) >= 11 is 0. The number of hydrogen-bond acceptors (Lipinski definition) is 3. The minimum Gasteiger partial charge on any atom is -0.457 e. The van der Waals surface area contributed by atoms with Crippen molar-refractivity contribution in [1.82, 2.24) is 18.9 Å². The predicted octanol–water partition coefficient (Wildman–Crippen LogP) is 11.8. The molecule has 0 saturated carbocycles. The molecule has 0 amide bonds. The Labute approximate surface area is 291 Å². The summed E-state index contributed by atoms with van der Waals surface area (Å²) < 4.78 is 11.2. The zero-order chi connectivity index (χ0) is 34.3. The van der Waals surface area contributed by atoms with Crippen molar-refractivity contribution in [3.8, 4) is 28.6 Å². The molecule has 0 spiro atoms. The van der Waals surface area contributed by atoms with Gasteiger partial charge in [0.25, 0.3) is 0 Å². The molecule has 0 bridgehead atoms. The minimum absolute atomic E-state index is 0.00492. The van der Waals surface area contributed by atoms with Gasteiger partial charge in [-0.15, -0.1) is 0 Å². The molecule has 9 aromatic rings. The van der Waals surface area contributed by atoms with Crippen LogP contribution in [-0.2, 0) is 5.41 Å². The molecule has 4 aromatic heterocycles. The SMILES string of the molecule is Cc1cc(C)c(-c2cn3c4ccccc4c4ccc(Oc5ccc6c7ccccc7n(-c7cc(C(C)(C)C)ccn7)c6c5)cc4c3n2)c(C)c1. The Balaban J connectivity index is 1.20. The van der Waals surface area contributed by atoms with Crippen molar-refractivity contribution in [2.24, 2.45) is 0 Å². The van der Waals surface area contributed by atoms with E-state index in [0.717, 1.165) is 61.4 Å². The first-order chi connectivity index (χ1) is 24.1. The van der Waals surface area contributed by atoms with Gasteiger partial charge in [-0.05, 0) is 103 Å². The van der Waals surface area contributed by atoms with Crippen molar-refractivity contribution < 1.29 is 4.74 Å². The van der Waals surface area contributed by atoms with E-state index in [9.17, 15) is 0 Å². The lowest BCUT2D eigenvalue weighted by Crippen LogP contribution is -2.12. The molecule has 0 N–H and O–H groups in total. The summed E-state index contributed by atoms with van der Waals surface area (Å²) in [7, 11) is 0. The summed E-state index contributed by atoms with van der Waals surface area (Å²) in [5.41, 5.74) is 11.4. The van der Waals surface area contributed by atoms with E-state index >= 15 is 0 Å².